The average molecular weight is 308 g/mol. The lowest BCUT2D eigenvalue weighted by Gasteiger charge is -2.44. The molecule has 4 aliphatic carbocycles. The first-order valence-electron chi connectivity index (χ1n) is 8.88. The summed E-state index contributed by atoms with van der Waals surface area (Å²) in [4.78, 5) is 12.7. The highest BCUT2D eigenvalue weighted by Gasteiger charge is 2.81. The Morgan fingerprint density at radius 3 is 2.74 bits per heavy atom. The molecule has 120 valence electrons. The quantitative estimate of drug-likeness (QED) is 0.760. The van der Waals surface area contributed by atoms with Crippen LogP contribution in [-0.4, -0.2) is 12.9 Å². The van der Waals surface area contributed by atoms with Gasteiger partial charge in [-0.3, -0.25) is 4.79 Å². The van der Waals surface area contributed by atoms with Gasteiger partial charge in [0, 0.05) is 17.3 Å². The predicted molar refractivity (Wildman–Crippen MR) is 90.4 cm³/mol. The van der Waals surface area contributed by atoms with Crippen molar-refractivity contribution in [2.24, 2.45) is 16.2 Å². The molecule has 0 heterocycles. The van der Waals surface area contributed by atoms with E-state index in [0.717, 1.165) is 37.9 Å². The minimum absolute atomic E-state index is 0.0927. The van der Waals surface area contributed by atoms with E-state index in [-0.39, 0.29) is 16.2 Å². The van der Waals surface area contributed by atoms with Crippen molar-refractivity contribution >= 4 is 11.4 Å². The van der Waals surface area contributed by atoms with Crippen molar-refractivity contribution in [1.82, 2.24) is 0 Å². The summed E-state index contributed by atoms with van der Waals surface area (Å²) in [5.74, 6) is 1.48. The Labute approximate surface area is 137 Å². The van der Waals surface area contributed by atoms with Gasteiger partial charge in [0.2, 0.25) is 0 Å². The molecule has 2 fully saturated rings. The summed E-state index contributed by atoms with van der Waals surface area (Å²) in [6.45, 7) is 4.62. The number of carbonyl (C=O) groups excluding carboxylic acids is 1. The van der Waals surface area contributed by atoms with Crippen molar-refractivity contribution in [2.45, 2.75) is 52.4 Å². The van der Waals surface area contributed by atoms with E-state index < -0.39 is 0 Å². The SMILES string of the molecule is COc1ccc2c(c1)CCC1=C2CC[C@]2(C)C(=O)C[C@]3(C)C[C@@]132. The molecule has 2 nitrogen and oxygen atoms in total. The highest BCUT2D eigenvalue weighted by Crippen LogP contribution is 2.85. The molecule has 2 saturated carbocycles. The maximum absolute atomic E-state index is 12.7. The number of Topliss-reactive ketones (excluding diaryl/α,β-unsaturated/α-hetero) is 1. The standard InChI is InChI=1S/C21H24O2/c1-19-11-18(22)20(2)9-8-16-15-6-5-14(23-3)10-13(15)4-7-17(16)21(19,20)12-19/h5-6,10H,4,7-9,11-12H2,1-3H3/t19-,20-,21-/m1/s1. The van der Waals surface area contributed by atoms with Gasteiger partial charge in [-0.2, -0.15) is 0 Å². The molecule has 0 N–H and O–H groups in total. The van der Waals surface area contributed by atoms with Crippen molar-refractivity contribution in [3.8, 4) is 5.75 Å². The van der Waals surface area contributed by atoms with Crippen LogP contribution < -0.4 is 4.74 Å². The van der Waals surface area contributed by atoms with Crippen LogP contribution in [0.15, 0.2) is 23.8 Å². The summed E-state index contributed by atoms with van der Waals surface area (Å²) in [7, 11) is 1.74. The molecule has 4 aliphatic rings. The van der Waals surface area contributed by atoms with Crippen LogP contribution in [0.25, 0.3) is 5.57 Å². The van der Waals surface area contributed by atoms with E-state index in [4.69, 9.17) is 4.74 Å². The molecule has 1 aromatic carbocycles. The zero-order chi connectivity index (χ0) is 16.0. The van der Waals surface area contributed by atoms with Gasteiger partial charge in [0.15, 0.2) is 0 Å². The fraction of sp³-hybridized carbons (Fsp3) is 0.571. The Morgan fingerprint density at radius 2 is 1.96 bits per heavy atom. The third kappa shape index (κ3) is 1.36. The molecule has 3 atom stereocenters. The molecular weight excluding hydrogens is 284 g/mol. The van der Waals surface area contributed by atoms with E-state index in [2.05, 4.69) is 32.0 Å². The number of hydrogen-bond acceptors (Lipinski definition) is 2. The predicted octanol–water partition coefficient (Wildman–Crippen LogP) is 4.56. The molecule has 1 spiro atoms. The number of fused-ring (bicyclic) bond motifs is 2. The lowest BCUT2D eigenvalue weighted by molar-refractivity contribution is -0.128. The van der Waals surface area contributed by atoms with Crippen LogP contribution in [0, 0.1) is 16.2 Å². The molecular formula is C21H24O2. The van der Waals surface area contributed by atoms with Crippen LogP contribution in [0.3, 0.4) is 0 Å². The maximum Gasteiger partial charge on any atom is 0.140 e. The smallest absolute Gasteiger partial charge is 0.140 e. The van der Waals surface area contributed by atoms with Crippen LogP contribution in [-0.2, 0) is 11.2 Å². The number of carbonyl (C=O) groups is 1. The Kier molecular flexibility index (Phi) is 2.35. The highest BCUT2D eigenvalue weighted by molar-refractivity contribution is 5.95. The lowest BCUT2D eigenvalue weighted by Crippen LogP contribution is -2.39. The first kappa shape index (κ1) is 13.8. The molecule has 23 heavy (non-hydrogen) atoms. The Bertz CT molecular complexity index is 789. The van der Waals surface area contributed by atoms with Crippen molar-refractivity contribution in [3.05, 3.63) is 34.9 Å². The summed E-state index contributed by atoms with van der Waals surface area (Å²) in [6, 6.07) is 6.54. The third-order valence-electron chi connectivity index (χ3n) is 7.71. The zero-order valence-corrected chi connectivity index (χ0v) is 14.3. The van der Waals surface area contributed by atoms with Crippen molar-refractivity contribution in [3.63, 3.8) is 0 Å². The first-order chi connectivity index (χ1) is 11.0. The minimum atomic E-state index is -0.0927. The van der Waals surface area contributed by atoms with E-state index in [1.807, 2.05) is 0 Å². The van der Waals surface area contributed by atoms with Gasteiger partial charge in [0.1, 0.15) is 11.5 Å². The average Bonchev–Trinajstić information content (AvgIpc) is 3.11. The molecule has 1 aromatic rings. The fourth-order valence-corrected chi connectivity index (χ4v) is 6.46. The summed E-state index contributed by atoms with van der Waals surface area (Å²) in [5.41, 5.74) is 6.38. The molecule has 0 aliphatic heterocycles. The summed E-state index contributed by atoms with van der Waals surface area (Å²) >= 11 is 0. The number of benzene rings is 1. The van der Waals surface area contributed by atoms with Crippen LogP contribution in [0.1, 0.15) is 57.1 Å². The Morgan fingerprint density at radius 1 is 1.13 bits per heavy atom. The van der Waals surface area contributed by atoms with Crippen molar-refractivity contribution in [2.75, 3.05) is 7.11 Å². The van der Waals surface area contributed by atoms with Crippen LogP contribution in [0.5, 0.6) is 5.75 Å². The molecule has 0 bridgehead atoms. The van der Waals surface area contributed by atoms with E-state index >= 15 is 0 Å². The zero-order valence-electron chi connectivity index (χ0n) is 14.3. The van der Waals surface area contributed by atoms with Gasteiger partial charge in [-0.25, -0.2) is 0 Å². The van der Waals surface area contributed by atoms with E-state index in [9.17, 15) is 4.79 Å². The van der Waals surface area contributed by atoms with E-state index in [1.165, 1.54) is 17.5 Å². The summed E-state index contributed by atoms with van der Waals surface area (Å²) in [6.07, 6.45) is 6.35. The van der Waals surface area contributed by atoms with Crippen LogP contribution in [0.2, 0.25) is 0 Å². The van der Waals surface area contributed by atoms with Gasteiger partial charge in [0.05, 0.1) is 7.11 Å². The number of hydrogen-bond donors (Lipinski definition) is 0. The van der Waals surface area contributed by atoms with E-state index in [1.54, 1.807) is 18.3 Å². The number of methoxy groups -OCH3 is 1. The van der Waals surface area contributed by atoms with Crippen molar-refractivity contribution < 1.29 is 9.53 Å². The van der Waals surface area contributed by atoms with Gasteiger partial charge in [-0.05, 0) is 66.4 Å². The number of aryl methyl sites for hydroxylation is 1. The topological polar surface area (TPSA) is 26.3 Å². The molecule has 0 saturated heterocycles. The minimum Gasteiger partial charge on any atom is -0.497 e. The van der Waals surface area contributed by atoms with Gasteiger partial charge < -0.3 is 4.74 Å². The number of rotatable bonds is 1. The second-order valence-electron chi connectivity index (χ2n) is 8.56. The highest BCUT2D eigenvalue weighted by atomic mass is 16.5. The van der Waals surface area contributed by atoms with Gasteiger partial charge in [-0.1, -0.05) is 25.5 Å². The van der Waals surface area contributed by atoms with Gasteiger partial charge in [-0.15, -0.1) is 0 Å². The number of allylic oxidation sites excluding steroid dienone is 2. The molecule has 5 rings (SSSR count). The molecule has 0 amide bonds. The molecule has 2 heteroatoms. The van der Waals surface area contributed by atoms with E-state index in [0.29, 0.717) is 5.78 Å². The summed E-state index contributed by atoms with van der Waals surface area (Å²) < 4.78 is 5.40. The third-order valence-corrected chi connectivity index (χ3v) is 7.71. The lowest BCUT2D eigenvalue weighted by atomic mass is 9.58. The Hall–Kier alpha value is -1.57. The largest absolute Gasteiger partial charge is 0.497 e. The monoisotopic (exact) mass is 308 g/mol. The Balaban J connectivity index is 1.70. The maximum atomic E-state index is 12.7. The molecule has 0 aromatic heterocycles. The summed E-state index contributed by atoms with van der Waals surface area (Å²) in [5, 5.41) is 0. The van der Waals surface area contributed by atoms with Crippen LogP contribution >= 0.6 is 0 Å². The molecule has 0 radical (unpaired) electrons. The number of ether oxygens (including phenoxy) is 1. The fourth-order valence-electron chi connectivity index (χ4n) is 6.46. The van der Waals surface area contributed by atoms with Crippen molar-refractivity contribution in [1.29, 1.82) is 0 Å². The number of ketones is 1. The normalized spacial score (nSPS) is 40.2. The first-order valence-corrected chi connectivity index (χ1v) is 8.88. The second kappa shape index (κ2) is 3.91. The van der Waals surface area contributed by atoms with Gasteiger partial charge in [0.25, 0.3) is 0 Å². The second-order valence-corrected chi connectivity index (χ2v) is 8.56. The van der Waals surface area contributed by atoms with Gasteiger partial charge >= 0.3 is 0 Å². The van der Waals surface area contributed by atoms with Crippen LogP contribution in [0.4, 0.5) is 0 Å². The molecule has 0 unspecified atom stereocenters.